The summed E-state index contributed by atoms with van der Waals surface area (Å²) < 4.78 is 0. The van der Waals surface area contributed by atoms with Gasteiger partial charge < -0.3 is 10.6 Å². The van der Waals surface area contributed by atoms with Crippen LogP contribution < -0.4 is 10.6 Å². The minimum absolute atomic E-state index is 0. The Bertz CT molecular complexity index is 603. The SMILES string of the molecule is Cl.O=C(NCCc1cccc2ccccc12)C1CCNC1. The molecule has 0 saturated carbocycles. The van der Waals surface area contributed by atoms with Crippen molar-refractivity contribution in [3.8, 4) is 0 Å². The van der Waals surface area contributed by atoms with Gasteiger partial charge in [0.25, 0.3) is 0 Å². The minimum Gasteiger partial charge on any atom is -0.355 e. The summed E-state index contributed by atoms with van der Waals surface area (Å²) in [5, 5.41) is 8.83. The third-order valence-electron chi connectivity index (χ3n) is 4.00. The molecule has 1 heterocycles. The lowest BCUT2D eigenvalue weighted by Gasteiger charge is -2.11. The van der Waals surface area contributed by atoms with Crippen molar-refractivity contribution in [3.05, 3.63) is 48.0 Å². The highest BCUT2D eigenvalue weighted by Gasteiger charge is 2.21. The first kappa shape index (κ1) is 15.8. The van der Waals surface area contributed by atoms with Gasteiger partial charge in [0.2, 0.25) is 5.91 Å². The lowest BCUT2D eigenvalue weighted by molar-refractivity contribution is -0.124. The number of halogens is 1. The standard InChI is InChI=1S/C17H20N2O.ClH/c20-17(15-8-10-18-12-15)19-11-9-14-6-3-5-13-4-1-2-7-16(13)14;/h1-7,15,18H,8-12H2,(H,19,20);1H. The molecule has 0 aliphatic carbocycles. The van der Waals surface area contributed by atoms with E-state index in [9.17, 15) is 4.79 Å². The summed E-state index contributed by atoms with van der Waals surface area (Å²) in [6.07, 6.45) is 1.84. The Kier molecular flexibility index (Phi) is 5.59. The summed E-state index contributed by atoms with van der Waals surface area (Å²) in [5.41, 5.74) is 1.30. The molecule has 2 aromatic rings. The second-order valence-electron chi connectivity index (χ2n) is 5.37. The van der Waals surface area contributed by atoms with Gasteiger partial charge in [-0.3, -0.25) is 4.79 Å². The van der Waals surface area contributed by atoms with Gasteiger partial charge in [0.1, 0.15) is 0 Å². The molecule has 1 fully saturated rings. The van der Waals surface area contributed by atoms with Crippen molar-refractivity contribution < 1.29 is 4.79 Å². The molecule has 1 aliphatic rings. The lowest BCUT2D eigenvalue weighted by Crippen LogP contribution is -2.33. The molecular formula is C17H21ClN2O. The Hall–Kier alpha value is -1.58. The maximum atomic E-state index is 11.9. The Balaban J connectivity index is 0.00000161. The van der Waals surface area contributed by atoms with Crippen LogP contribution in [0.1, 0.15) is 12.0 Å². The topological polar surface area (TPSA) is 41.1 Å². The van der Waals surface area contributed by atoms with Crippen LogP contribution in [0.25, 0.3) is 10.8 Å². The van der Waals surface area contributed by atoms with Gasteiger partial charge in [0, 0.05) is 13.1 Å². The monoisotopic (exact) mass is 304 g/mol. The van der Waals surface area contributed by atoms with Gasteiger partial charge in [-0.1, -0.05) is 42.5 Å². The van der Waals surface area contributed by atoms with Gasteiger partial charge in [0.15, 0.2) is 0 Å². The van der Waals surface area contributed by atoms with E-state index in [1.165, 1.54) is 16.3 Å². The number of nitrogens with one attached hydrogen (secondary N) is 2. The molecule has 2 aromatic carbocycles. The smallest absolute Gasteiger partial charge is 0.224 e. The zero-order chi connectivity index (χ0) is 13.8. The van der Waals surface area contributed by atoms with Crippen LogP contribution in [-0.2, 0) is 11.2 Å². The summed E-state index contributed by atoms with van der Waals surface area (Å²) >= 11 is 0. The minimum atomic E-state index is 0. The van der Waals surface area contributed by atoms with Crippen molar-refractivity contribution >= 4 is 29.1 Å². The maximum Gasteiger partial charge on any atom is 0.224 e. The fourth-order valence-corrected chi connectivity index (χ4v) is 2.85. The van der Waals surface area contributed by atoms with Crippen LogP contribution in [-0.4, -0.2) is 25.5 Å². The molecule has 1 saturated heterocycles. The van der Waals surface area contributed by atoms with Crippen LogP contribution in [0, 0.1) is 5.92 Å². The van der Waals surface area contributed by atoms with Gasteiger partial charge in [-0.15, -0.1) is 12.4 Å². The normalized spacial score (nSPS) is 17.4. The second-order valence-corrected chi connectivity index (χ2v) is 5.37. The van der Waals surface area contributed by atoms with E-state index in [0.717, 1.165) is 25.9 Å². The Labute approximate surface area is 131 Å². The molecule has 112 valence electrons. The van der Waals surface area contributed by atoms with Crippen LogP contribution >= 0.6 is 12.4 Å². The fourth-order valence-electron chi connectivity index (χ4n) is 2.85. The average molecular weight is 305 g/mol. The van der Waals surface area contributed by atoms with Crippen LogP contribution in [0.2, 0.25) is 0 Å². The average Bonchev–Trinajstić information content (AvgIpc) is 3.02. The number of carbonyl (C=O) groups excluding carboxylic acids is 1. The van der Waals surface area contributed by atoms with Gasteiger partial charge in [-0.05, 0) is 35.7 Å². The van der Waals surface area contributed by atoms with E-state index in [1.807, 2.05) is 0 Å². The maximum absolute atomic E-state index is 11.9. The molecule has 0 radical (unpaired) electrons. The van der Waals surface area contributed by atoms with Crippen LogP contribution in [0.15, 0.2) is 42.5 Å². The number of hydrogen-bond donors (Lipinski definition) is 2. The molecule has 0 spiro atoms. The largest absolute Gasteiger partial charge is 0.355 e. The van der Waals surface area contributed by atoms with Crippen molar-refractivity contribution in [3.63, 3.8) is 0 Å². The third-order valence-corrected chi connectivity index (χ3v) is 4.00. The molecule has 3 nitrogen and oxygen atoms in total. The number of rotatable bonds is 4. The zero-order valence-electron chi connectivity index (χ0n) is 12.0. The molecule has 2 N–H and O–H groups in total. The highest BCUT2D eigenvalue weighted by Crippen LogP contribution is 2.18. The molecule has 4 heteroatoms. The molecular weight excluding hydrogens is 284 g/mol. The Morgan fingerprint density at radius 1 is 1.19 bits per heavy atom. The van der Waals surface area contributed by atoms with Crippen molar-refractivity contribution in [1.82, 2.24) is 10.6 Å². The highest BCUT2D eigenvalue weighted by molar-refractivity contribution is 5.86. The zero-order valence-corrected chi connectivity index (χ0v) is 12.8. The highest BCUT2D eigenvalue weighted by atomic mass is 35.5. The Morgan fingerprint density at radius 2 is 2.00 bits per heavy atom. The van der Waals surface area contributed by atoms with Gasteiger partial charge in [0.05, 0.1) is 5.92 Å². The molecule has 3 rings (SSSR count). The van der Waals surface area contributed by atoms with Crippen molar-refractivity contribution in [2.75, 3.05) is 19.6 Å². The molecule has 1 aliphatic heterocycles. The molecule has 0 aromatic heterocycles. The molecule has 0 bridgehead atoms. The fraction of sp³-hybridized carbons (Fsp3) is 0.353. The number of fused-ring (bicyclic) bond motifs is 1. The van der Waals surface area contributed by atoms with Crippen molar-refractivity contribution in [2.24, 2.45) is 5.92 Å². The summed E-state index contributed by atoms with van der Waals surface area (Å²) in [7, 11) is 0. The van der Waals surface area contributed by atoms with E-state index in [2.05, 4.69) is 53.1 Å². The van der Waals surface area contributed by atoms with E-state index in [-0.39, 0.29) is 24.2 Å². The first-order valence-corrected chi connectivity index (χ1v) is 7.29. The number of amides is 1. The second kappa shape index (κ2) is 7.43. The summed E-state index contributed by atoms with van der Waals surface area (Å²) in [6.45, 7) is 2.49. The quantitative estimate of drug-likeness (QED) is 0.911. The number of carbonyl (C=O) groups is 1. The third kappa shape index (κ3) is 3.74. The predicted octanol–water partition coefficient (Wildman–Crippen LogP) is 2.53. The molecule has 1 atom stereocenters. The van der Waals surface area contributed by atoms with Crippen molar-refractivity contribution in [1.29, 1.82) is 0 Å². The summed E-state index contributed by atoms with van der Waals surface area (Å²) in [5.74, 6) is 0.345. The first-order chi connectivity index (χ1) is 9.84. The summed E-state index contributed by atoms with van der Waals surface area (Å²) in [6, 6.07) is 14.7. The molecule has 21 heavy (non-hydrogen) atoms. The first-order valence-electron chi connectivity index (χ1n) is 7.29. The van der Waals surface area contributed by atoms with E-state index in [1.54, 1.807) is 0 Å². The lowest BCUT2D eigenvalue weighted by atomic mass is 10.0. The van der Waals surface area contributed by atoms with Gasteiger partial charge in [-0.2, -0.15) is 0 Å². The van der Waals surface area contributed by atoms with Crippen molar-refractivity contribution in [2.45, 2.75) is 12.8 Å². The van der Waals surface area contributed by atoms with E-state index in [0.29, 0.717) is 6.54 Å². The van der Waals surface area contributed by atoms with Crippen LogP contribution in [0.4, 0.5) is 0 Å². The van der Waals surface area contributed by atoms with Crippen LogP contribution in [0.3, 0.4) is 0 Å². The van der Waals surface area contributed by atoms with E-state index >= 15 is 0 Å². The van der Waals surface area contributed by atoms with E-state index < -0.39 is 0 Å². The number of benzene rings is 2. The van der Waals surface area contributed by atoms with E-state index in [4.69, 9.17) is 0 Å². The number of hydrogen-bond acceptors (Lipinski definition) is 2. The van der Waals surface area contributed by atoms with Crippen LogP contribution in [0.5, 0.6) is 0 Å². The van der Waals surface area contributed by atoms with Gasteiger partial charge >= 0.3 is 0 Å². The predicted molar refractivity (Wildman–Crippen MR) is 88.9 cm³/mol. The Morgan fingerprint density at radius 3 is 2.81 bits per heavy atom. The molecule has 1 unspecified atom stereocenters. The van der Waals surface area contributed by atoms with Gasteiger partial charge in [-0.25, -0.2) is 0 Å². The molecule has 1 amide bonds. The summed E-state index contributed by atoms with van der Waals surface area (Å²) in [4.78, 5) is 11.9.